The highest BCUT2D eigenvalue weighted by Gasteiger charge is 2.15. The lowest BCUT2D eigenvalue weighted by Gasteiger charge is -2.27. The van der Waals surface area contributed by atoms with Gasteiger partial charge in [0.25, 0.3) is 0 Å². The van der Waals surface area contributed by atoms with Gasteiger partial charge in [0.05, 0.1) is 0 Å². The first-order valence-electron chi connectivity index (χ1n) is 18.5. The third-order valence-corrected chi connectivity index (χ3v) is 9.85. The molecule has 0 heterocycles. The summed E-state index contributed by atoms with van der Waals surface area (Å²) < 4.78 is 0. The Morgan fingerprint density at radius 1 is 0.315 bits per heavy atom. The van der Waals surface area contributed by atoms with E-state index in [0.717, 1.165) is 28.4 Å². The molecule has 0 N–H and O–H groups in total. The van der Waals surface area contributed by atoms with Crippen LogP contribution >= 0.6 is 0 Å². The van der Waals surface area contributed by atoms with Gasteiger partial charge in [0.1, 0.15) is 0 Å². The Balaban J connectivity index is 0.947. The molecule has 0 bridgehead atoms. The van der Waals surface area contributed by atoms with Gasteiger partial charge in [-0.15, -0.1) is 0 Å². The summed E-state index contributed by atoms with van der Waals surface area (Å²) in [4.78, 5) is 4.63. The van der Waals surface area contributed by atoms with E-state index in [1.54, 1.807) is 0 Å². The number of hydrogen-bond donors (Lipinski definition) is 0. The number of rotatable bonds is 10. The summed E-state index contributed by atoms with van der Waals surface area (Å²) >= 11 is 0. The largest absolute Gasteiger partial charge is 0.311 e. The van der Waals surface area contributed by atoms with E-state index in [4.69, 9.17) is 0 Å². The molecule has 8 aromatic carbocycles. The molecule has 0 saturated carbocycles. The van der Waals surface area contributed by atoms with E-state index in [-0.39, 0.29) is 0 Å². The van der Waals surface area contributed by atoms with Crippen molar-refractivity contribution >= 4 is 46.3 Å². The van der Waals surface area contributed by atoms with Gasteiger partial charge in [-0.2, -0.15) is 0 Å². The van der Waals surface area contributed by atoms with Crippen LogP contribution in [0, 0.1) is 13.8 Å². The van der Waals surface area contributed by atoms with Crippen LogP contribution in [0.25, 0.3) is 34.4 Å². The Morgan fingerprint density at radius 3 is 1.17 bits per heavy atom. The zero-order valence-corrected chi connectivity index (χ0v) is 30.7. The second-order valence-corrected chi connectivity index (χ2v) is 13.6. The molecule has 0 unspecified atom stereocenters. The first-order chi connectivity index (χ1) is 26.6. The maximum Gasteiger partial charge on any atom is 0.0490 e. The molecule has 8 aromatic rings. The molecule has 0 aliphatic rings. The van der Waals surface area contributed by atoms with Crippen molar-refractivity contribution in [1.29, 1.82) is 0 Å². The van der Waals surface area contributed by atoms with Gasteiger partial charge in [-0.3, -0.25) is 0 Å². The molecule has 0 spiro atoms. The first-order valence-corrected chi connectivity index (χ1v) is 18.5. The second kappa shape index (κ2) is 15.8. The van der Waals surface area contributed by atoms with Crippen molar-refractivity contribution in [2.75, 3.05) is 9.80 Å². The van der Waals surface area contributed by atoms with Crippen LogP contribution in [0.2, 0.25) is 0 Å². The molecule has 2 nitrogen and oxygen atoms in total. The lowest BCUT2D eigenvalue weighted by molar-refractivity contribution is 1.24. The predicted molar refractivity (Wildman–Crippen MR) is 232 cm³/mol. The minimum Gasteiger partial charge on any atom is -0.311 e. The smallest absolute Gasteiger partial charge is 0.0490 e. The summed E-state index contributed by atoms with van der Waals surface area (Å²) in [5.74, 6) is 0. The Morgan fingerprint density at radius 2 is 0.704 bits per heavy atom. The first kappa shape index (κ1) is 34.2. The van der Waals surface area contributed by atoms with Crippen LogP contribution in [0.5, 0.6) is 0 Å². The average molecular weight is 695 g/mol. The van der Waals surface area contributed by atoms with Gasteiger partial charge in [-0.05, 0) is 125 Å². The fraction of sp³-hybridized carbons (Fsp3) is 0.0385. The number of aryl methyl sites for hydroxylation is 2. The SMILES string of the molecule is Cc1cccc(N(c2ccc(-c3ccc(C=Cc4ccc(-c5ccc(N(c6ccccc6)c6ccccc6)cc5)cc4)cc3)cc2)c2ccccc2C)c1. The van der Waals surface area contributed by atoms with Crippen LogP contribution in [0.1, 0.15) is 22.3 Å². The van der Waals surface area contributed by atoms with Crippen LogP contribution in [-0.4, -0.2) is 0 Å². The normalized spacial score (nSPS) is 11.1. The number of benzene rings is 8. The Kier molecular flexibility index (Phi) is 9.99. The van der Waals surface area contributed by atoms with Crippen LogP contribution in [-0.2, 0) is 0 Å². The van der Waals surface area contributed by atoms with Crippen molar-refractivity contribution in [3.63, 3.8) is 0 Å². The van der Waals surface area contributed by atoms with Gasteiger partial charge >= 0.3 is 0 Å². The molecule has 0 radical (unpaired) electrons. The standard InChI is InChI=1S/C52H42N2/c1-39-12-11-18-51(38-39)54(52-19-10-9-13-40(52)2)50-36-32-46(33-37-50)44-28-24-42(25-29-44)21-20-41-22-26-43(27-23-41)45-30-34-49(35-31-45)53(47-14-5-3-6-15-47)48-16-7-4-8-17-48/h3-38H,1-2H3. The van der Waals surface area contributed by atoms with Crippen LogP contribution in [0.15, 0.2) is 206 Å². The third kappa shape index (κ3) is 7.65. The Labute approximate surface area is 319 Å². The average Bonchev–Trinajstić information content (AvgIpc) is 3.23. The number of anilines is 6. The van der Waals surface area contributed by atoms with Crippen molar-refractivity contribution in [2.45, 2.75) is 13.8 Å². The molecular formula is C52H42N2. The fourth-order valence-electron chi connectivity index (χ4n) is 6.98. The van der Waals surface area contributed by atoms with Crippen LogP contribution in [0.3, 0.4) is 0 Å². The Bertz CT molecular complexity index is 2430. The van der Waals surface area contributed by atoms with Crippen molar-refractivity contribution in [1.82, 2.24) is 0 Å². The highest BCUT2D eigenvalue weighted by atomic mass is 15.1. The molecule has 0 aliphatic carbocycles. The van der Waals surface area contributed by atoms with Gasteiger partial charge < -0.3 is 9.80 Å². The van der Waals surface area contributed by atoms with Gasteiger partial charge in [0.2, 0.25) is 0 Å². The molecule has 0 aromatic heterocycles. The van der Waals surface area contributed by atoms with Gasteiger partial charge in [0, 0.05) is 34.1 Å². The molecule has 0 atom stereocenters. The van der Waals surface area contributed by atoms with Crippen molar-refractivity contribution < 1.29 is 0 Å². The van der Waals surface area contributed by atoms with Crippen molar-refractivity contribution in [2.24, 2.45) is 0 Å². The molecule has 54 heavy (non-hydrogen) atoms. The summed E-state index contributed by atoms with van der Waals surface area (Å²) in [6.45, 7) is 4.31. The fourth-order valence-corrected chi connectivity index (χ4v) is 6.98. The molecule has 8 rings (SSSR count). The van der Waals surface area contributed by atoms with Gasteiger partial charge in [0.15, 0.2) is 0 Å². The molecule has 0 aliphatic heterocycles. The van der Waals surface area contributed by atoms with Crippen molar-refractivity contribution in [3.8, 4) is 22.3 Å². The van der Waals surface area contributed by atoms with Crippen LogP contribution < -0.4 is 9.80 Å². The molecule has 0 saturated heterocycles. The lowest BCUT2D eigenvalue weighted by atomic mass is 10.0. The minimum absolute atomic E-state index is 1.13. The summed E-state index contributed by atoms with van der Waals surface area (Å²) in [5, 5.41) is 0. The van der Waals surface area contributed by atoms with Gasteiger partial charge in [-0.1, -0.05) is 152 Å². The topological polar surface area (TPSA) is 6.48 Å². The van der Waals surface area contributed by atoms with E-state index in [1.165, 1.54) is 50.2 Å². The molecular weight excluding hydrogens is 653 g/mol. The summed E-state index contributed by atoms with van der Waals surface area (Å²) in [6, 6.07) is 73.6. The quantitative estimate of drug-likeness (QED) is 0.132. The molecule has 260 valence electrons. The molecule has 2 heteroatoms. The maximum atomic E-state index is 2.34. The lowest BCUT2D eigenvalue weighted by Crippen LogP contribution is -2.11. The van der Waals surface area contributed by atoms with Crippen LogP contribution in [0.4, 0.5) is 34.1 Å². The predicted octanol–water partition coefficient (Wildman–Crippen LogP) is 14.7. The van der Waals surface area contributed by atoms with E-state index in [1.807, 2.05) is 0 Å². The van der Waals surface area contributed by atoms with E-state index in [2.05, 4.69) is 242 Å². The highest BCUT2D eigenvalue weighted by Crippen LogP contribution is 2.38. The van der Waals surface area contributed by atoms with E-state index < -0.39 is 0 Å². The molecule has 0 fully saturated rings. The highest BCUT2D eigenvalue weighted by molar-refractivity contribution is 5.81. The molecule has 0 amide bonds. The summed E-state index contributed by atoms with van der Waals surface area (Å²) in [6.07, 6.45) is 4.36. The number of para-hydroxylation sites is 3. The zero-order chi connectivity index (χ0) is 36.7. The third-order valence-electron chi connectivity index (χ3n) is 9.85. The Hall–Kier alpha value is -6.90. The van der Waals surface area contributed by atoms with Crippen molar-refractivity contribution in [3.05, 3.63) is 229 Å². The van der Waals surface area contributed by atoms with E-state index >= 15 is 0 Å². The monoisotopic (exact) mass is 694 g/mol. The van der Waals surface area contributed by atoms with E-state index in [0.29, 0.717) is 0 Å². The summed E-state index contributed by atoms with van der Waals surface area (Å²) in [5.41, 5.74) is 16.5. The van der Waals surface area contributed by atoms with Gasteiger partial charge in [-0.25, -0.2) is 0 Å². The number of nitrogens with zero attached hydrogens (tertiary/aromatic N) is 2. The maximum absolute atomic E-state index is 2.34. The number of hydrogen-bond acceptors (Lipinski definition) is 2. The zero-order valence-electron chi connectivity index (χ0n) is 30.7. The second-order valence-electron chi connectivity index (χ2n) is 13.6. The summed E-state index contributed by atoms with van der Waals surface area (Å²) in [7, 11) is 0. The van der Waals surface area contributed by atoms with E-state index in [9.17, 15) is 0 Å². The minimum atomic E-state index is 1.13.